The molecule has 18 heavy (non-hydrogen) atoms. The van der Waals surface area contributed by atoms with E-state index < -0.39 is 0 Å². The lowest BCUT2D eigenvalue weighted by atomic mass is 10.1. The smallest absolute Gasteiger partial charge is 0.251 e. The van der Waals surface area contributed by atoms with Crippen LogP contribution in [0.3, 0.4) is 0 Å². The molecule has 92 valence electrons. The maximum Gasteiger partial charge on any atom is 0.251 e. The first-order valence-electron chi connectivity index (χ1n) is 5.91. The lowest BCUT2D eigenvalue weighted by Crippen LogP contribution is -2.24. The number of rotatable bonds is 4. The topological polar surface area (TPSA) is 55.1 Å². The van der Waals surface area contributed by atoms with Crippen LogP contribution in [0.4, 0.5) is 0 Å². The van der Waals surface area contributed by atoms with E-state index in [1.54, 1.807) is 6.07 Å². The molecule has 0 saturated carbocycles. The minimum absolute atomic E-state index is 0.0834. The molecule has 3 heteroatoms. The van der Waals surface area contributed by atoms with Gasteiger partial charge in [-0.25, -0.2) is 0 Å². The Labute approximate surface area is 107 Å². The summed E-state index contributed by atoms with van der Waals surface area (Å²) >= 11 is 0. The molecule has 0 unspecified atom stereocenters. The number of benzene rings is 2. The third-order valence-corrected chi connectivity index (χ3v) is 2.78. The van der Waals surface area contributed by atoms with E-state index >= 15 is 0 Å². The minimum Gasteiger partial charge on any atom is -0.348 e. The third-order valence-electron chi connectivity index (χ3n) is 2.78. The van der Waals surface area contributed by atoms with Crippen molar-refractivity contribution in [3.8, 4) is 0 Å². The second kappa shape index (κ2) is 5.98. The van der Waals surface area contributed by atoms with Gasteiger partial charge in [0.2, 0.25) is 0 Å². The van der Waals surface area contributed by atoms with Crippen LogP contribution in [-0.4, -0.2) is 5.91 Å². The molecule has 3 nitrogen and oxygen atoms in total. The highest BCUT2D eigenvalue weighted by Crippen LogP contribution is 2.08. The zero-order valence-corrected chi connectivity index (χ0v) is 10.1. The summed E-state index contributed by atoms with van der Waals surface area (Å²) in [6, 6.07) is 17.2. The quantitative estimate of drug-likeness (QED) is 0.859. The lowest BCUT2D eigenvalue weighted by Gasteiger charge is -2.08. The first-order valence-corrected chi connectivity index (χ1v) is 5.91. The minimum atomic E-state index is -0.0834. The predicted octanol–water partition coefficient (Wildman–Crippen LogP) is 2.08. The molecule has 0 saturated heterocycles. The summed E-state index contributed by atoms with van der Waals surface area (Å²) in [7, 11) is 0. The normalized spacial score (nSPS) is 10.1. The van der Waals surface area contributed by atoms with Crippen molar-refractivity contribution >= 4 is 5.91 Å². The fourth-order valence-corrected chi connectivity index (χ4v) is 1.79. The van der Waals surface area contributed by atoms with Crippen LogP contribution in [0.25, 0.3) is 0 Å². The van der Waals surface area contributed by atoms with Gasteiger partial charge in [0.15, 0.2) is 0 Å². The van der Waals surface area contributed by atoms with Crippen LogP contribution >= 0.6 is 0 Å². The maximum absolute atomic E-state index is 12.0. The van der Waals surface area contributed by atoms with Crippen molar-refractivity contribution in [3.05, 3.63) is 71.3 Å². The van der Waals surface area contributed by atoms with Gasteiger partial charge in [-0.05, 0) is 17.2 Å². The molecule has 0 aliphatic rings. The first-order chi connectivity index (χ1) is 8.81. The summed E-state index contributed by atoms with van der Waals surface area (Å²) in [5.74, 6) is -0.0834. The molecule has 0 bridgehead atoms. The van der Waals surface area contributed by atoms with Crippen molar-refractivity contribution < 1.29 is 4.79 Å². The van der Waals surface area contributed by atoms with Gasteiger partial charge in [-0.2, -0.15) is 0 Å². The van der Waals surface area contributed by atoms with Crippen LogP contribution in [0.2, 0.25) is 0 Å². The maximum atomic E-state index is 12.0. The molecule has 2 rings (SSSR count). The van der Waals surface area contributed by atoms with Crippen LogP contribution in [0.15, 0.2) is 54.6 Å². The molecule has 0 heterocycles. The lowest BCUT2D eigenvalue weighted by molar-refractivity contribution is 0.0950. The molecule has 0 aliphatic carbocycles. The average molecular weight is 240 g/mol. The summed E-state index contributed by atoms with van der Waals surface area (Å²) < 4.78 is 0. The third kappa shape index (κ3) is 2.96. The van der Waals surface area contributed by atoms with Gasteiger partial charge in [-0.15, -0.1) is 0 Å². The predicted molar refractivity (Wildman–Crippen MR) is 71.9 cm³/mol. The van der Waals surface area contributed by atoms with Gasteiger partial charge < -0.3 is 11.1 Å². The van der Waals surface area contributed by atoms with E-state index in [0.717, 1.165) is 11.1 Å². The molecule has 1 amide bonds. The summed E-state index contributed by atoms with van der Waals surface area (Å²) in [5, 5.41) is 2.90. The molecule has 0 spiro atoms. The van der Waals surface area contributed by atoms with E-state index in [1.165, 1.54) is 0 Å². The molecular formula is C15H16N2O. The standard InChI is InChI=1S/C15H16N2O/c16-10-13-8-4-5-9-14(13)15(18)17-11-12-6-2-1-3-7-12/h1-9H,10-11,16H2,(H,17,18). The van der Waals surface area contributed by atoms with Gasteiger partial charge in [0, 0.05) is 18.7 Å². The van der Waals surface area contributed by atoms with E-state index in [9.17, 15) is 4.79 Å². The highest BCUT2D eigenvalue weighted by molar-refractivity contribution is 5.95. The Bertz CT molecular complexity index is 523. The number of hydrogen-bond acceptors (Lipinski definition) is 2. The number of carbonyl (C=O) groups excluding carboxylic acids is 1. The number of hydrogen-bond donors (Lipinski definition) is 2. The number of nitrogens with two attached hydrogens (primary N) is 1. The zero-order valence-electron chi connectivity index (χ0n) is 10.1. The van der Waals surface area contributed by atoms with Gasteiger partial charge in [0.05, 0.1) is 0 Å². The highest BCUT2D eigenvalue weighted by atomic mass is 16.1. The van der Waals surface area contributed by atoms with Gasteiger partial charge in [-0.3, -0.25) is 4.79 Å². The molecule has 0 radical (unpaired) electrons. The molecule has 0 fully saturated rings. The van der Waals surface area contributed by atoms with Crippen molar-refractivity contribution in [2.75, 3.05) is 0 Å². The van der Waals surface area contributed by atoms with E-state index in [4.69, 9.17) is 5.73 Å². The van der Waals surface area contributed by atoms with E-state index in [-0.39, 0.29) is 5.91 Å². The summed E-state index contributed by atoms with van der Waals surface area (Å²) in [6.45, 7) is 0.896. The van der Waals surface area contributed by atoms with Gasteiger partial charge in [-0.1, -0.05) is 48.5 Å². The van der Waals surface area contributed by atoms with Crippen molar-refractivity contribution in [2.45, 2.75) is 13.1 Å². The van der Waals surface area contributed by atoms with Crippen molar-refractivity contribution in [1.82, 2.24) is 5.32 Å². The number of carbonyl (C=O) groups is 1. The molecular weight excluding hydrogens is 224 g/mol. The van der Waals surface area contributed by atoms with Crippen molar-refractivity contribution in [2.24, 2.45) is 5.73 Å². The summed E-state index contributed by atoms with van der Waals surface area (Å²) in [5.41, 5.74) is 8.21. The van der Waals surface area contributed by atoms with Crippen molar-refractivity contribution in [1.29, 1.82) is 0 Å². The summed E-state index contributed by atoms with van der Waals surface area (Å²) in [4.78, 5) is 12.0. The van der Waals surface area contributed by atoms with Gasteiger partial charge in [0.25, 0.3) is 5.91 Å². The number of amides is 1. The first kappa shape index (κ1) is 12.3. The van der Waals surface area contributed by atoms with Gasteiger partial charge in [0.1, 0.15) is 0 Å². The molecule has 2 aromatic rings. The fraction of sp³-hybridized carbons (Fsp3) is 0.133. The van der Waals surface area contributed by atoms with Crippen LogP contribution in [-0.2, 0) is 13.1 Å². The fourth-order valence-electron chi connectivity index (χ4n) is 1.79. The number of nitrogens with one attached hydrogen (secondary N) is 1. The molecule has 3 N–H and O–H groups in total. The Morgan fingerprint density at radius 1 is 1.00 bits per heavy atom. The average Bonchev–Trinajstić information content (AvgIpc) is 2.45. The monoisotopic (exact) mass is 240 g/mol. The van der Waals surface area contributed by atoms with Crippen LogP contribution in [0.1, 0.15) is 21.5 Å². The Morgan fingerprint density at radius 3 is 2.39 bits per heavy atom. The van der Waals surface area contributed by atoms with E-state index in [1.807, 2.05) is 48.5 Å². The highest BCUT2D eigenvalue weighted by Gasteiger charge is 2.08. The Hall–Kier alpha value is -2.13. The molecule has 0 aliphatic heterocycles. The van der Waals surface area contributed by atoms with E-state index in [2.05, 4.69) is 5.32 Å². The van der Waals surface area contributed by atoms with Gasteiger partial charge >= 0.3 is 0 Å². The Kier molecular flexibility index (Phi) is 4.10. The summed E-state index contributed by atoms with van der Waals surface area (Å²) in [6.07, 6.45) is 0. The second-order valence-electron chi connectivity index (χ2n) is 4.03. The van der Waals surface area contributed by atoms with E-state index in [0.29, 0.717) is 18.7 Å². The second-order valence-corrected chi connectivity index (χ2v) is 4.03. The van der Waals surface area contributed by atoms with Crippen LogP contribution in [0, 0.1) is 0 Å². The zero-order chi connectivity index (χ0) is 12.8. The largest absolute Gasteiger partial charge is 0.348 e. The van der Waals surface area contributed by atoms with Crippen LogP contribution < -0.4 is 11.1 Å². The Morgan fingerprint density at radius 2 is 1.67 bits per heavy atom. The molecule has 0 atom stereocenters. The Balaban J connectivity index is 2.04. The molecule has 0 aromatic heterocycles. The molecule has 2 aromatic carbocycles. The van der Waals surface area contributed by atoms with Crippen molar-refractivity contribution in [3.63, 3.8) is 0 Å². The SMILES string of the molecule is NCc1ccccc1C(=O)NCc1ccccc1. The van der Waals surface area contributed by atoms with Crippen LogP contribution in [0.5, 0.6) is 0 Å².